The van der Waals surface area contributed by atoms with Crippen molar-refractivity contribution in [3.63, 3.8) is 0 Å². The minimum atomic E-state index is -0.250. The summed E-state index contributed by atoms with van der Waals surface area (Å²) in [5.74, 6) is -0.250. The molecule has 94 valence electrons. The van der Waals surface area contributed by atoms with Gasteiger partial charge in [-0.25, -0.2) is 0 Å². The van der Waals surface area contributed by atoms with E-state index in [4.69, 9.17) is 5.73 Å². The van der Waals surface area contributed by atoms with Gasteiger partial charge in [-0.3, -0.25) is 9.69 Å². The third-order valence-electron chi connectivity index (χ3n) is 3.74. The number of likely N-dealkylation sites (tertiary alicyclic amines) is 1. The van der Waals surface area contributed by atoms with Gasteiger partial charge in [-0.2, -0.15) is 0 Å². The van der Waals surface area contributed by atoms with E-state index in [2.05, 4.69) is 24.1 Å². The van der Waals surface area contributed by atoms with E-state index in [1.165, 1.54) is 19.3 Å². The van der Waals surface area contributed by atoms with Crippen molar-refractivity contribution >= 4 is 5.91 Å². The zero-order chi connectivity index (χ0) is 12.1. The van der Waals surface area contributed by atoms with Gasteiger partial charge in [0.15, 0.2) is 0 Å². The molecule has 0 aliphatic carbocycles. The van der Waals surface area contributed by atoms with Crippen LogP contribution in [0.15, 0.2) is 0 Å². The third-order valence-corrected chi connectivity index (χ3v) is 3.74. The number of carbonyl (C=O) groups is 1. The number of hydrogen-bond acceptors (Lipinski definition) is 3. The highest BCUT2D eigenvalue weighted by Crippen LogP contribution is 2.22. The maximum atomic E-state index is 11.1. The zero-order valence-corrected chi connectivity index (χ0v) is 10.7. The third kappa shape index (κ3) is 3.46. The Morgan fingerprint density at radius 3 is 2.44 bits per heavy atom. The van der Waals surface area contributed by atoms with Crippen molar-refractivity contribution in [1.82, 2.24) is 10.2 Å². The molecular formula is C12H25N3O. The Morgan fingerprint density at radius 1 is 1.44 bits per heavy atom. The van der Waals surface area contributed by atoms with Crippen LogP contribution in [0.5, 0.6) is 0 Å². The average molecular weight is 227 g/mol. The molecule has 1 rings (SSSR count). The van der Waals surface area contributed by atoms with Crippen molar-refractivity contribution in [1.29, 1.82) is 0 Å². The van der Waals surface area contributed by atoms with Crippen LogP contribution in [0.2, 0.25) is 0 Å². The minimum Gasteiger partial charge on any atom is -0.368 e. The Hall–Kier alpha value is -0.610. The number of nitrogens with one attached hydrogen (secondary N) is 1. The highest BCUT2D eigenvalue weighted by atomic mass is 16.1. The molecule has 16 heavy (non-hydrogen) atoms. The van der Waals surface area contributed by atoms with Crippen LogP contribution in [0.3, 0.4) is 0 Å². The normalized spacial score (nSPS) is 28.9. The maximum absolute atomic E-state index is 11.1. The number of nitrogens with two attached hydrogens (primary N) is 1. The quantitative estimate of drug-likeness (QED) is 0.727. The second-order valence-corrected chi connectivity index (χ2v) is 4.90. The van der Waals surface area contributed by atoms with Crippen molar-refractivity contribution in [3.8, 4) is 0 Å². The molecule has 0 spiro atoms. The lowest BCUT2D eigenvalue weighted by Crippen LogP contribution is -2.47. The Kier molecular flexibility index (Phi) is 5.22. The number of amides is 1. The lowest BCUT2D eigenvalue weighted by atomic mass is 9.97. The van der Waals surface area contributed by atoms with Gasteiger partial charge in [-0.05, 0) is 40.2 Å². The summed E-state index contributed by atoms with van der Waals surface area (Å²) in [6.07, 6.45) is 4.67. The van der Waals surface area contributed by atoms with E-state index in [1.54, 1.807) is 7.05 Å². The number of carbonyl (C=O) groups excluding carboxylic acids is 1. The van der Waals surface area contributed by atoms with E-state index in [9.17, 15) is 4.79 Å². The molecule has 0 aromatic heterocycles. The summed E-state index contributed by atoms with van der Waals surface area (Å²) < 4.78 is 0. The number of nitrogens with zero attached hydrogens (tertiary/aromatic N) is 1. The fourth-order valence-corrected chi connectivity index (χ4v) is 2.62. The Morgan fingerprint density at radius 2 is 2.00 bits per heavy atom. The molecule has 3 unspecified atom stereocenters. The molecule has 3 atom stereocenters. The minimum absolute atomic E-state index is 0.193. The molecule has 1 fully saturated rings. The molecule has 4 heteroatoms. The van der Waals surface area contributed by atoms with E-state index in [-0.39, 0.29) is 11.9 Å². The zero-order valence-electron chi connectivity index (χ0n) is 10.7. The van der Waals surface area contributed by atoms with E-state index in [1.807, 2.05) is 0 Å². The van der Waals surface area contributed by atoms with Crippen LogP contribution in [0.1, 0.15) is 39.5 Å². The second kappa shape index (κ2) is 6.21. The van der Waals surface area contributed by atoms with E-state index in [0.29, 0.717) is 12.1 Å². The molecule has 0 aromatic rings. The summed E-state index contributed by atoms with van der Waals surface area (Å²) in [4.78, 5) is 13.6. The SMILES string of the molecule is CNC(CCN1C(C)CCCC1C)C(N)=O. The van der Waals surface area contributed by atoms with Gasteiger partial charge >= 0.3 is 0 Å². The van der Waals surface area contributed by atoms with Gasteiger partial charge in [0.1, 0.15) is 0 Å². The van der Waals surface area contributed by atoms with Crippen LogP contribution >= 0.6 is 0 Å². The van der Waals surface area contributed by atoms with E-state index in [0.717, 1.165) is 13.0 Å². The highest BCUT2D eigenvalue weighted by Gasteiger charge is 2.25. The van der Waals surface area contributed by atoms with E-state index >= 15 is 0 Å². The molecule has 1 amide bonds. The molecule has 0 bridgehead atoms. The predicted octanol–water partition coefficient (Wildman–Crippen LogP) is 0.713. The smallest absolute Gasteiger partial charge is 0.234 e. The largest absolute Gasteiger partial charge is 0.368 e. The molecule has 4 nitrogen and oxygen atoms in total. The van der Waals surface area contributed by atoms with Gasteiger partial charge in [0.05, 0.1) is 6.04 Å². The molecule has 1 saturated heterocycles. The molecule has 3 N–H and O–H groups in total. The topological polar surface area (TPSA) is 58.4 Å². The summed E-state index contributed by atoms with van der Waals surface area (Å²) in [6.45, 7) is 5.50. The first kappa shape index (κ1) is 13.5. The summed E-state index contributed by atoms with van der Waals surface area (Å²) in [5, 5.41) is 2.97. The van der Waals surface area contributed by atoms with Gasteiger partial charge in [-0.15, -0.1) is 0 Å². The summed E-state index contributed by atoms with van der Waals surface area (Å²) >= 11 is 0. The van der Waals surface area contributed by atoms with Gasteiger partial charge in [0, 0.05) is 18.6 Å². The molecule has 1 aliphatic rings. The number of rotatable bonds is 5. The number of primary amides is 1. The average Bonchev–Trinajstić information content (AvgIpc) is 2.22. The predicted molar refractivity (Wildman–Crippen MR) is 66.1 cm³/mol. The Balaban J connectivity index is 2.42. The molecule has 0 radical (unpaired) electrons. The first-order valence-electron chi connectivity index (χ1n) is 6.28. The number of hydrogen-bond donors (Lipinski definition) is 2. The van der Waals surface area contributed by atoms with Crippen LogP contribution in [-0.2, 0) is 4.79 Å². The van der Waals surface area contributed by atoms with Crippen LogP contribution in [0, 0.1) is 0 Å². The van der Waals surface area contributed by atoms with Crippen LogP contribution in [-0.4, -0.2) is 42.5 Å². The van der Waals surface area contributed by atoms with Gasteiger partial charge in [0.25, 0.3) is 0 Å². The van der Waals surface area contributed by atoms with E-state index < -0.39 is 0 Å². The molecular weight excluding hydrogens is 202 g/mol. The Bertz CT molecular complexity index is 222. The first-order chi connectivity index (χ1) is 7.56. The highest BCUT2D eigenvalue weighted by molar-refractivity contribution is 5.79. The first-order valence-corrected chi connectivity index (χ1v) is 6.28. The molecule has 0 saturated carbocycles. The summed E-state index contributed by atoms with van der Waals surface area (Å²) in [7, 11) is 1.79. The molecule has 1 heterocycles. The standard InChI is InChI=1S/C12H25N3O/c1-9-5-4-6-10(2)15(9)8-7-11(14-3)12(13)16/h9-11,14H,4-8H2,1-3H3,(H2,13,16). The van der Waals surface area contributed by atoms with Crippen molar-refractivity contribution in [2.45, 2.75) is 57.7 Å². The maximum Gasteiger partial charge on any atom is 0.234 e. The van der Waals surface area contributed by atoms with Crippen LogP contribution in [0.4, 0.5) is 0 Å². The number of piperidine rings is 1. The second-order valence-electron chi connectivity index (χ2n) is 4.90. The van der Waals surface area contributed by atoms with Crippen molar-refractivity contribution < 1.29 is 4.79 Å². The van der Waals surface area contributed by atoms with Crippen molar-refractivity contribution in [3.05, 3.63) is 0 Å². The molecule has 0 aromatic carbocycles. The van der Waals surface area contributed by atoms with Crippen LogP contribution < -0.4 is 11.1 Å². The summed E-state index contributed by atoms with van der Waals surface area (Å²) in [5.41, 5.74) is 5.31. The van der Waals surface area contributed by atoms with Gasteiger partial charge in [0.2, 0.25) is 5.91 Å². The van der Waals surface area contributed by atoms with Crippen molar-refractivity contribution in [2.75, 3.05) is 13.6 Å². The van der Waals surface area contributed by atoms with Crippen LogP contribution in [0.25, 0.3) is 0 Å². The number of likely N-dealkylation sites (N-methyl/N-ethyl adjacent to an activating group) is 1. The molecule has 1 aliphatic heterocycles. The van der Waals surface area contributed by atoms with Crippen molar-refractivity contribution in [2.24, 2.45) is 5.73 Å². The van der Waals surface area contributed by atoms with Gasteiger partial charge in [-0.1, -0.05) is 6.42 Å². The fraction of sp³-hybridized carbons (Fsp3) is 0.917. The fourth-order valence-electron chi connectivity index (χ4n) is 2.62. The summed E-state index contributed by atoms with van der Waals surface area (Å²) in [6, 6.07) is 1.07. The lowest BCUT2D eigenvalue weighted by Gasteiger charge is -2.39. The monoisotopic (exact) mass is 227 g/mol. The Labute approximate surface area is 98.6 Å². The van der Waals surface area contributed by atoms with Gasteiger partial charge < -0.3 is 11.1 Å². The lowest BCUT2D eigenvalue weighted by molar-refractivity contribution is -0.120.